The van der Waals surface area contributed by atoms with E-state index >= 15 is 0 Å². The third kappa shape index (κ3) is 6.28. The number of hydrogen-bond donors (Lipinski definition) is 2. The molecule has 0 aromatic heterocycles. The van der Waals surface area contributed by atoms with Crippen molar-refractivity contribution in [2.45, 2.75) is 0 Å². The van der Waals surface area contributed by atoms with Gasteiger partial charge in [-0.3, -0.25) is 5.43 Å². The fourth-order valence-electron chi connectivity index (χ4n) is 2.58. The number of carbonyl (C=O) groups excluding carboxylic acids is 1. The molecule has 0 spiro atoms. The van der Waals surface area contributed by atoms with Gasteiger partial charge in [0.25, 0.3) is 0 Å². The predicted molar refractivity (Wildman–Crippen MR) is 124 cm³/mol. The van der Waals surface area contributed by atoms with Crippen LogP contribution in [0.15, 0.2) is 77.9 Å². The summed E-state index contributed by atoms with van der Waals surface area (Å²) >= 11 is 5.23. The molecular formula is C23H21N3O4S. The van der Waals surface area contributed by atoms with Crippen molar-refractivity contribution in [3.05, 3.63) is 83.9 Å². The number of ether oxygens (including phenoxy) is 3. The molecule has 2 N–H and O–H groups in total. The molecule has 0 atom stereocenters. The number of esters is 1. The SMILES string of the molecule is COc1ccc(NC(=S)N/N=C\c2ccc(OC(=O)c3ccccc3)c(OC)c2)cc1. The molecule has 3 rings (SSSR count). The molecule has 31 heavy (non-hydrogen) atoms. The van der Waals surface area contributed by atoms with Gasteiger partial charge in [-0.1, -0.05) is 18.2 Å². The number of carbonyl (C=O) groups is 1. The Bertz CT molecular complexity index is 1070. The minimum atomic E-state index is -0.461. The standard InChI is InChI=1S/C23H21N3O4S/c1-28-19-11-9-18(10-12-19)25-23(31)26-24-15-16-8-13-20(21(14-16)29-2)30-22(27)17-6-4-3-5-7-17/h3-15H,1-2H3,(H2,25,26,31)/b24-15-. The zero-order chi connectivity index (χ0) is 22.1. The van der Waals surface area contributed by atoms with Crippen molar-refractivity contribution in [2.24, 2.45) is 5.10 Å². The second-order valence-electron chi connectivity index (χ2n) is 6.22. The number of rotatable bonds is 7. The molecule has 0 aliphatic heterocycles. The number of anilines is 1. The summed E-state index contributed by atoms with van der Waals surface area (Å²) in [5, 5.41) is 7.47. The molecule has 8 heteroatoms. The normalized spacial score (nSPS) is 10.4. The molecule has 3 aromatic carbocycles. The number of hydrogen-bond acceptors (Lipinski definition) is 6. The van der Waals surface area contributed by atoms with Gasteiger partial charge in [0.15, 0.2) is 16.6 Å². The van der Waals surface area contributed by atoms with E-state index in [1.165, 1.54) is 7.11 Å². The Morgan fingerprint density at radius 2 is 1.68 bits per heavy atom. The van der Waals surface area contributed by atoms with Crippen LogP contribution in [0.4, 0.5) is 5.69 Å². The minimum Gasteiger partial charge on any atom is -0.497 e. The summed E-state index contributed by atoms with van der Waals surface area (Å²) in [5.74, 6) is 1.02. The lowest BCUT2D eigenvalue weighted by Gasteiger charge is -2.10. The summed E-state index contributed by atoms with van der Waals surface area (Å²) in [7, 11) is 3.11. The maximum Gasteiger partial charge on any atom is 0.343 e. The van der Waals surface area contributed by atoms with Gasteiger partial charge in [-0.25, -0.2) is 4.79 Å². The molecule has 0 saturated heterocycles. The highest BCUT2D eigenvalue weighted by molar-refractivity contribution is 7.80. The molecular weight excluding hydrogens is 414 g/mol. The van der Waals surface area contributed by atoms with Crippen molar-refractivity contribution in [2.75, 3.05) is 19.5 Å². The van der Waals surface area contributed by atoms with Gasteiger partial charge >= 0.3 is 5.97 Å². The van der Waals surface area contributed by atoms with Crippen LogP contribution in [-0.4, -0.2) is 31.5 Å². The van der Waals surface area contributed by atoms with Crippen LogP contribution in [0.2, 0.25) is 0 Å². The van der Waals surface area contributed by atoms with Crippen molar-refractivity contribution < 1.29 is 19.0 Å². The Kier molecular flexibility index (Phi) is 7.56. The third-order valence-electron chi connectivity index (χ3n) is 4.13. The van der Waals surface area contributed by atoms with E-state index in [0.29, 0.717) is 22.2 Å². The lowest BCUT2D eigenvalue weighted by Crippen LogP contribution is -2.23. The number of hydrazone groups is 1. The third-order valence-corrected chi connectivity index (χ3v) is 4.32. The monoisotopic (exact) mass is 435 g/mol. The second kappa shape index (κ2) is 10.7. The molecule has 0 aliphatic carbocycles. The van der Waals surface area contributed by atoms with Gasteiger partial charge < -0.3 is 19.5 Å². The van der Waals surface area contributed by atoms with Crippen LogP contribution in [0.1, 0.15) is 15.9 Å². The summed E-state index contributed by atoms with van der Waals surface area (Å²) in [4.78, 5) is 12.3. The first kappa shape index (κ1) is 21.8. The van der Waals surface area contributed by atoms with E-state index in [2.05, 4.69) is 15.8 Å². The van der Waals surface area contributed by atoms with E-state index < -0.39 is 5.97 Å². The molecule has 0 heterocycles. The number of methoxy groups -OCH3 is 2. The van der Waals surface area contributed by atoms with Crippen molar-refractivity contribution in [1.29, 1.82) is 0 Å². The molecule has 0 bridgehead atoms. The molecule has 7 nitrogen and oxygen atoms in total. The van der Waals surface area contributed by atoms with Gasteiger partial charge in [-0.2, -0.15) is 5.10 Å². The van der Waals surface area contributed by atoms with Crippen LogP contribution in [0, 0.1) is 0 Å². The van der Waals surface area contributed by atoms with Crippen LogP contribution in [-0.2, 0) is 0 Å². The highest BCUT2D eigenvalue weighted by Gasteiger charge is 2.12. The zero-order valence-electron chi connectivity index (χ0n) is 17.0. The maximum absolute atomic E-state index is 12.3. The molecule has 0 amide bonds. The van der Waals surface area contributed by atoms with Gasteiger partial charge in [-0.15, -0.1) is 0 Å². The average molecular weight is 436 g/mol. The van der Waals surface area contributed by atoms with Crippen molar-refractivity contribution in [1.82, 2.24) is 5.43 Å². The van der Waals surface area contributed by atoms with Gasteiger partial charge in [0.1, 0.15) is 5.75 Å². The van der Waals surface area contributed by atoms with Gasteiger partial charge in [0.2, 0.25) is 0 Å². The first-order valence-electron chi connectivity index (χ1n) is 9.28. The minimum absolute atomic E-state index is 0.318. The van der Waals surface area contributed by atoms with E-state index in [0.717, 1.165) is 17.0 Å². The van der Waals surface area contributed by atoms with Crippen molar-refractivity contribution in [3.63, 3.8) is 0 Å². The van der Waals surface area contributed by atoms with Crippen LogP contribution in [0.3, 0.4) is 0 Å². The summed E-state index contributed by atoms with van der Waals surface area (Å²) in [5.41, 5.74) is 4.74. The number of thiocarbonyl (C=S) groups is 1. The van der Waals surface area contributed by atoms with Crippen LogP contribution < -0.4 is 25.0 Å². The van der Waals surface area contributed by atoms with Gasteiger partial charge in [-0.05, 0) is 72.4 Å². The van der Waals surface area contributed by atoms with Crippen molar-refractivity contribution >= 4 is 35.2 Å². The highest BCUT2D eigenvalue weighted by atomic mass is 32.1. The first-order valence-corrected chi connectivity index (χ1v) is 9.69. The largest absolute Gasteiger partial charge is 0.497 e. The molecule has 0 unspecified atom stereocenters. The van der Waals surface area contributed by atoms with Gasteiger partial charge in [0.05, 0.1) is 26.0 Å². The average Bonchev–Trinajstić information content (AvgIpc) is 2.81. The highest BCUT2D eigenvalue weighted by Crippen LogP contribution is 2.28. The summed E-state index contributed by atoms with van der Waals surface area (Å²) < 4.78 is 15.9. The molecule has 0 saturated carbocycles. The topological polar surface area (TPSA) is 81.2 Å². The van der Waals surface area contributed by atoms with E-state index in [9.17, 15) is 4.79 Å². The fourth-order valence-corrected chi connectivity index (χ4v) is 2.75. The molecule has 0 aliphatic rings. The van der Waals surface area contributed by atoms with Crippen LogP contribution in [0.25, 0.3) is 0 Å². The van der Waals surface area contributed by atoms with E-state index in [1.54, 1.807) is 55.8 Å². The molecule has 158 valence electrons. The lowest BCUT2D eigenvalue weighted by atomic mass is 10.2. The Labute approximate surface area is 185 Å². The fraction of sp³-hybridized carbons (Fsp3) is 0.0870. The zero-order valence-corrected chi connectivity index (χ0v) is 17.8. The second-order valence-corrected chi connectivity index (χ2v) is 6.63. The Morgan fingerprint density at radius 1 is 0.935 bits per heavy atom. The Balaban J connectivity index is 1.59. The quantitative estimate of drug-likeness (QED) is 0.189. The van der Waals surface area contributed by atoms with Gasteiger partial charge in [0, 0.05) is 5.69 Å². The number of nitrogens with one attached hydrogen (secondary N) is 2. The number of nitrogens with zero attached hydrogens (tertiary/aromatic N) is 1. The van der Waals surface area contributed by atoms with E-state index in [1.807, 2.05) is 30.3 Å². The molecule has 3 aromatic rings. The molecule has 0 radical (unpaired) electrons. The molecule has 0 fully saturated rings. The van der Waals surface area contributed by atoms with Crippen LogP contribution >= 0.6 is 12.2 Å². The number of benzene rings is 3. The van der Waals surface area contributed by atoms with Crippen LogP contribution in [0.5, 0.6) is 17.2 Å². The maximum atomic E-state index is 12.3. The Hall–Kier alpha value is -3.91. The van der Waals surface area contributed by atoms with E-state index in [4.69, 9.17) is 26.4 Å². The summed E-state index contributed by atoms with van der Waals surface area (Å²) in [6.45, 7) is 0. The lowest BCUT2D eigenvalue weighted by molar-refractivity contribution is 0.0729. The summed E-state index contributed by atoms with van der Waals surface area (Å²) in [6.07, 6.45) is 1.58. The Morgan fingerprint density at radius 3 is 2.35 bits per heavy atom. The predicted octanol–water partition coefficient (Wildman–Crippen LogP) is 4.24. The first-order chi connectivity index (χ1) is 15.1. The summed E-state index contributed by atoms with van der Waals surface area (Å²) in [6, 6.07) is 21.2. The van der Waals surface area contributed by atoms with Crippen molar-refractivity contribution in [3.8, 4) is 17.2 Å². The van der Waals surface area contributed by atoms with E-state index in [-0.39, 0.29) is 0 Å². The smallest absolute Gasteiger partial charge is 0.343 e.